The van der Waals surface area contributed by atoms with Gasteiger partial charge in [0.2, 0.25) is 0 Å². The second-order valence-electron chi connectivity index (χ2n) is 4.49. The van der Waals surface area contributed by atoms with E-state index in [0.717, 1.165) is 5.52 Å². The molecule has 0 amide bonds. The SMILES string of the molecule is Cc1cccc2c1ccn2CC(=O)OC(C)C. The molecule has 1 aromatic carbocycles. The van der Waals surface area contributed by atoms with Crippen LogP contribution in [0.1, 0.15) is 19.4 Å². The highest BCUT2D eigenvalue weighted by molar-refractivity contribution is 5.84. The molecule has 2 rings (SSSR count). The van der Waals surface area contributed by atoms with E-state index in [1.165, 1.54) is 10.9 Å². The maximum absolute atomic E-state index is 11.6. The summed E-state index contributed by atoms with van der Waals surface area (Å²) in [4.78, 5) is 11.6. The van der Waals surface area contributed by atoms with Crippen LogP contribution in [0.25, 0.3) is 10.9 Å². The first-order valence-electron chi connectivity index (χ1n) is 5.82. The number of aromatic nitrogens is 1. The van der Waals surface area contributed by atoms with E-state index in [0.29, 0.717) is 0 Å². The average Bonchev–Trinajstić information content (AvgIpc) is 2.62. The molecule has 2 aromatic rings. The predicted octanol–water partition coefficient (Wildman–Crippen LogP) is 2.90. The Morgan fingerprint density at radius 2 is 2.12 bits per heavy atom. The Balaban J connectivity index is 2.25. The average molecular weight is 231 g/mol. The summed E-state index contributed by atoms with van der Waals surface area (Å²) >= 11 is 0. The molecule has 0 radical (unpaired) electrons. The highest BCUT2D eigenvalue weighted by atomic mass is 16.5. The van der Waals surface area contributed by atoms with Gasteiger partial charge in [-0.15, -0.1) is 0 Å². The maximum Gasteiger partial charge on any atom is 0.326 e. The summed E-state index contributed by atoms with van der Waals surface area (Å²) in [6, 6.07) is 8.12. The number of rotatable bonds is 3. The van der Waals surface area contributed by atoms with Gasteiger partial charge in [-0.3, -0.25) is 4.79 Å². The molecule has 90 valence electrons. The fourth-order valence-electron chi connectivity index (χ4n) is 1.95. The van der Waals surface area contributed by atoms with Crippen molar-refractivity contribution in [2.75, 3.05) is 0 Å². The van der Waals surface area contributed by atoms with Crippen LogP contribution in [0.15, 0.2) is 30.5 Å². The summed E-state index contributed by atoms with van der Waals surface area (Å²) in [5, 5.41) is 1.19. The molecule has 1 aromatic heterocycles. The van der Waals surface area contributed by atoms with E-state index in [4.69, 9.17) is 4.74 Å². The topological polar surface area (TPSA) is 31.2 Å². The Morgan fingerprint density at radius 3 is 2.82 bits per heavy atom. The van der Waals surface area contributed by atoms with Crippen molar-refractivity contribution < 1.29 is 9.53 Å². The summed E-state index contributed by atoms with van der Waals surface area (Å²) < 4.78 is 7.07. The molecule has 0 aliphatic carbocycles. The molecular weight excluding hydrogens is 214 g/mol. The summed E-state index contributed by atoms with van der Waals surface area (Å²) in [6.07, 6.45) is 1.87. The molecule has 0 atom stereocenters. The van der Waals surface area contributed by atoms with Crippen molar-refractivity contribution in [1.82, 2.24) is 4.57 Å². The van der Waals surface area contributed by atoms with Gasteiger partial charge in [0.15, 0.2) is 0 Å². The van der Waals surface area contributed by atoms with Crippen molar-refractivity contribution in [3.8, 4) is 0 Å². The van der Waals surface area contributed by atoms with E-state index in [-0.39, 0.29) is 18.6 Å². The van der Waals surface area contributed by atoms with Crippen molar-refractivity contribution in [1.29, 1.82) is 0 Å². The number of hydrogen-bond acceptors (Lipinski definition) is 2. The lowest BCUT2D eigenvalue weighted by Gasteiger charge is -2.09. The number of aryl methyl sites for hydroxylation is 1. The molecule has 17 heavy (non-hydrogen) atoms. The molecule has 0 bridgehead atoms. The number of nitrogens with zero attached hydrogens (tertiary/aromatic N) is 1. The van der Waals surface area contributed by atoms with Crippen LogP contribution in [-0.4, -0.2) is 16.6 Å². The van der Waals surface area contributed by atoms with Crippen LogP contribution in [-0.2, 0) is 16.1 Å². The van der Waals surface area contributed by atoms with Crippen LogP contribution in [0.5, 0.6) is 0 Å². The highest BCUT2D eigenvalue weighted by Crippen LogP contribution is 2.19. The zero-order chi connectivity index (χ0) is 12.4. The van der Waals surface area contributed by atoms with Crippen LogP contribution >= 0.6 is 0 Å². The lowest BCUT2D eigenvalue weighted by atomic mass is 10.1. The van der Waals surface area contributed by atoms with Gasteiger partial charge in [-0.25, -0.2) is 0 Å². The quantitative estimate of drug-likeness (QED) is 0.760. The van der Waals surface area contributed by atoms with Crippen LogP contribution < -0.4 is 0 Å². The number of ether oxygens (including phenoxy) is 1. The summed E-state index contributed by atoms with van der Waals surface area (Å²) in [5.74, 6) is -0.195. The Bertz CT molecular complexity index is 540. The maximum atomic E-state index is 11.6. The zero-order valence-electron chi connectivity index (χ0n) is 10.4. The standard InChI is InChI=1S/C14H17NO2/c1-10(2)17-14(16)9-15-8-7-12-11(3)5-4-6-13(12)15/h4-8,10H,9H2,1-3H3. The number of carbonyl (C=O) groups excluding carboxylic acids is 1. The van der Waals surface area contributed by atoms with Gasteiger partial charge in [0.1, 0.15) is 6.54 Å². The Morgan fingerprint density at radius 1 is 1.35 bits per heavy atom. The van der Waals surface area contributed by atoms with Crippen molar-refractivity contribution in [3.05, 3.63) is 36.0 Å². The second-order valence-corrected chi connectivity index (χ2v) is 4.49. The second kappa shape index (κ2) is 4.62. The number of carbonyl (C=O) groups is 1. The molecule has 0 N–H and O–H groups in total. The Labute approximate surface area is 101 Å². The molecule has 0 unspecified atom stereocenters. The molecular formula is C14H17NO2. The Hall–Kier alpha value is -1.77. The van der Waals surface area contributed by atoms with Crippen molar-refractivity contribution >= 4 is 16.9 Å². The monoisotopic (exact) mass is 231 g/mol. The largest absolute Gasteiger partial charge is 0.462 e. The summed E-state index contributed by atoms with van der Waals surface area (Å²) in [7, 11) is 0. The van der Waals surface area contributed by atoms with Gasteiger partial charge in [-0.2, -0.15) is 0 Å². The molecule has 3 nitrogen and oxygen atoms in total. The molecule has 0 aliphatic rings. The predicted molar refractivity (Wildman–Crippen MR) is 67.9 cm³/mol. The Kier molecular flexibility index (Phi) is 3.18. The molecule has 0 aliphatic heterocycles. The van der Waals surface area contributed by atoms with Crippen LogP contribution in [0.3, 0.4) is 0 Å². The molecule has 0 saturated heterocycles. The molecule has 0 saturated carbocycles. The van der Waals surface area contributed by atoms with E-state index in [9.17, 15) is 4.79 Å². The van der Waals surface area contributed by atoms with Gasteiger partial charge in [0, 0.05) is 17.1 Å². The van der Waals surface area contributed by atoms with E-state index >= 15 is 0 Å². The summed E-state index contributed by atoms with van der Waals surface area (Å²) in [6.45, 7) is 6.05. The summed E-state index contributed by atoms with van der Waals surface area (Å²) in [5.41, 5.74) is 2.30. The first-order valence-corrected chi connectivity index (χ1v) is 5.82. The molecule has 0 fully saturated rings. The van der Waals surface area contributed by atoms with E-state index < -0.39 is 0 Å². The first kappa shape index (κ1) is 11.7. The third kappa shape index (κ3) is 2.49. The molecule has 0 spiro atoms. The molecule has 3 heteroatoms. The van der Waals surface area contributed by atoms with Gasteiger partial charge in [-0.05, 0) is 38.5 Å². The first-order chi connectivity index (χ1) is 8.08. The van der Waals surface area contributed by atoms with E-state index in [1.54, 1.807) is 0 Å². The fourth-order valence-corrected chi connectivity index (χ4v) is 1.95. The number of esters is 1. The zero-order valence-corrected chi connectivity index (χ0v) is 10.4. The number of benzene rings is 1. The minimum Gasteiger partial charge on any atom is -0.462 e. The van der Waals surface area contributed by atoms with Crippen LogP contribution in [0, 0.1) is 6.92 Å². The lowest BCUT2D eigenvalue weighted by molar-refractivity contribution is -0.148. The van der Waals surface area contributed by atoms with Gasteiger partial charge in [-0.1, -0.05) is 12.1 Å². The third-order valence-electron chi connectivity index (χ3n) is 2.70. The van der Waals surface area contributed by atoms with Crippen molar-refractivity contribution in [2.45, 2.75) is 33.4 Å². The van der Waals surface area contributed by atoms with E-state index in [1.807, 2.05) is 42.8 Å². The van der Waals surface area contributed by atoms with Crippen LogP contribution in [0.4, 0.5) is 0 Å². The fraction of sp³-hybridized carbons (Fsp3) is 0.357. The highest BCUT2D eigenvalue weighted by Gasteiger charge is 2.09. The number of fused-ring (bicyclic) bond motifs is 1. The van der Waals surface area contributed by atoms with Gasteiger partial charge < -0.3 is 9.30 Å². The van der Waals surface area contributed by atoms with Crippen LogP contribution in [0.2, 0.25) is 0 Å². The van der Waals surface area contributed by atoms with Gasteiger partial charge in [0.25, 0.3) is 0 Å². The van der Waals surface area contributed by atoms with Gasteiger partial charge >= 0.3 is 5.97 Å². The third-order valence-corrected chi connectivity index (χ3v) is 2.70. The van der Waals surface area contributed by atoms with Gasteiger partial charge in [0.05, 0.1) is 6.10 Å². The minimum absolute atomic E-state index is 0.0638. The molecule has 1 heterocycles. The number of hydrogen-bond donors (Lipinski definition) is 0. The minimum atomic E-state index is -0.195. The smallest absolute Gasteiger partial charge is 0.326 e. The lowest BCUT2D eigenvalue weighted by Crippen LogP contribution is -2.16. The normalized spacial score (nSPS) is 11.1. The van der Waals surface area contributed by atoms with Crippen molar-refractivity contribution in [3.63, 3.8) is 0 Å². The van der Waals surface area contributed by atoms with E-state index in [2.05, 4.69) is 13.0 Å². The van der Waals surface area contributed by atoms with Crippen molar-refractivity contribution in [2.24, 2.45) is 0 Å².